The van der Waals surface area contributed by atoms with E-state index >= 15 is 0 Å². The molecule has 1 amide bonds. The van der Waals surface area contributed by atoms with E-state index in [2.05, 4.69) is 6.92 Å². The van der Waals surface area contributed by atoms with Crippen LogP contribution in [0.5, 0.6) is 0 Å². The van der Waals surface area contributed by atoms with Crippen molar-refractivity contribution >= 4 is 16.0 Å². The monoisotopic (exact) mass is 502 g/mol. The largest absolute Gasteiger partial charge is 0.748 e. The molecule has 34 heavy (non-hydrogen) atoms. The molecule has 1 aliphatic rings. The summed E-state index contributed by atoms with van der Waals surface area (Å²) in [6.07, 6.45) is 18.1. The summed E-state index contributed by atoms with van der Waals surface area (Å²) in [4.78, 5) is 15.0. The van der Waals surface area contributed by atoms with Gasteiger partial charge in [-0.25, -0.2) is 8.42 Å². The SMILES string of the molecule is CCCCCCCCCCCCCC[N+]1(CCCS(=O)(=O)[O-])CCCC(C(=O)N(CC)CC)C1. The van der Waals surface area contributed by atoms with Gasteiger partial charge in [-0.1, -0.05) is 71.1 Å². The zero-order valence-electron chi connectivity index (χ0n) is 22.6. The van der Waals surface area contributed by atoms with Gasteiger partial charge in [-0.15, -0.1) is 0 Å². The number of likely N-dealkylation sites (tertiary alicyclic amines) is 1. The summed E-state index contributed by atoms with van der Waals surface area (Å²) in [6.45, 7) is 11.3. The fraction of sp³-hybridized carbons (Fsp3) is 0.963. The summed E-state index contributed by atoms with van der Waals surface area (Å²) in [5, 5.41) is 0. The normalized spacial score (nSPS) is 21.0. The quantitative estimate of drug-likeness (QED) is 0.121. The lowest BCUT2D eigenvalue weighted by Crippen LogP contribution is -2.58. The molecular weight excluding hydrogens is 448 g/mol. The molecule has 0 radical (unpaired) electrons. The summed E-state index contributed by atoms with van der Waals surface area (Å²) in [5.74, 6) is -0.0201. The van der Waals surface area contributed by atoms with Crippen molar-refractivity contribution in [3.63, 3.8) is 0 Å². The minimum atomic E-state index is -4.19. The van der Waals surface area contributed by atoms with Gasteiger partial charge in [0.05, 0.1) is 42.2 Å². The maximum Gasteiger partial charge on any atom is 0.231 e. The van der Waals surface area contributed by atoms with Crippen LogP contribution in [0.1, 0.15) is 117 Å². The predicted molar refractivity (Wildman–Crippen MR) is 141 cm³/mol. The number of nitrogens with zero attached hydrogens (tertiary/aromatic N) is 2. The molecule has 0 aliphatic carbocycles. The molecule has 0 aromatic rings. The van der Waals surface area contributed by atoms with Gasteiger partial charge in [0.25, 0.3) is 0 Å². The average molecular weight is 503 g/mol. The summed E-state index contributed by atoms with van der Waals surface area (Å²) in [7, 11) is -4.19. The van der Waals surface area contributed by atoms with Crippen molar-refractivity contribution in [1.82, 2.24) is 4.90 Å². The fourth-order valence-electron chi connectivity index (χ4n) is 5.70. The van der Waals surface area contributed by atoms with E-state index in [1.165, 1.54) is 70.6 Å². The second-order valence-electron chi connectivity index (χ2n) is 10.5. The van der Waals surface area contributed by atoms with Crippen molar-refractivity contribution < 1.29 is 22.2 Å². The third-order valence-electron chi connectivity index (χ3n) is 7.73. The van der Waals surface area contributed by atoms with Crippen LogP contribution in [0, 0.1) is 5.92 Å². The molecule has 6 nitrogen and oxygen atoms in total. The Morgan fingerprint density at radius 1 is 0.824 bits per heavy atom. The third-order valence-corrected chi connectivity index (χ3v) is 8.52. The maximum absolute atomic E-state index is 13.0. The van der Waals surface area contributed by atoms with Gasteiger partial charge in [-0.3, -0.25) is 4.79 Å². The fourth-order valence-corrected chi connectivity index (χ4v) is 6.18. The zero-order valence-corrected chi connectivity index (χ0v) is 23.4. The second-order valence-corrected chi connectivity index (χ2v) is 12.1. The Kier molecular flexibility index (Phi) is 16.3. The molecule has 2 unspecified atom stereocenters. The molecule has 0 aromatic carbocycles. The van der Waals surface area contributed by atoms with Crippen LogP contribution < -0.4 is 0 Å². The van der Waals surface area contributed by atoms with Gasteiger partial charge in [-0.05, 0) is 39.5 Å². The molecule has 0 bridgehead atoms. The van der Waals surface area contributed by atoms with Crippen LogP contribution in [-0.4, -0.2) is 73.3 Å². The molecule has 1 rings (SSSR count). The first-order valence-electron chi connectivity index (χ1n) is 14.3. The third kappa shape index (κ3) is 13.4. The average Bonchev–Trinajstić information content (AvgIpc) is 2.80. The molecule has 7 heteroatoms. The minimum absolute atomic E-state index is 0.0230. The van der Waals surface area contributed by atoms with Gasteiger partial charge in [0.15, 0.2) is 0 Å². The maximum atomic E-state index is 13.0. The molecule has 0 aromatic heterocycles. The molecule has 1 fully saturated rings. The first-order chi connectivity index (χ1) is 16.3. The topological polar surface area (TPSA) is 77.5 Å². The van der Waals surface area contributed by atoms with Gasteiger partial charge in [-0.2, -0.15) is 0 Å². The van der Waals surface area contributed by atoms with Gasteiger partial charge in [0.1, 0.15) is 0 Å². The van der Waals surface area contributed by atoms with Crippen LogP contribution >= 0.6 is 0 Å². The number of hydrogen-bond acceptors (Lipinski definition) is 4. The van der Waals surface area contributed by atoms with Crippen LogP contribution in [-0.2, 0) is 14.9 Å². The second kappa shape index (κ2) is 17.7. The van der Waals surface area contributed by atoms with Crippen molar-refractivity contribution in [2.45, 2.75) is 117 Å². The number of unbranched alkanes of at least 4 members (excludes halogenated alkanes) is 11. The number of quaternary nitrogens is 1. The summed E-state index contributed by atoms with van der Waals surface area (Å²) < 4.78 is 34.3. The van der Waals surface area contributed by atoms with Crippen LogP contribution in [0.15, 0.2) is 0 Å². The van der Waals surface area contributed by atoms with Crippen LogP contribution in [0.25, 0.3) is 0 Å². The summed E-state index contributed by atoms with van der Waals surface area (Å²) in [6, 6.07) is 0. The highest BCUT2D eigenvalue weighted by molar-refractivity contribution is 7.85. The molecule has 1 heterocycles. The van der Waals surface area contributed by atoms with Crippen molar-refractivity contribution in [3.05, 3.63) is 0 Å². The number of hydrogen-bond donors (Lipinski definition) is 0. The first-order valence-corrected chi connectivity index (χ1v) is 15.9. The Morgan fingerprint density at radius 3 is 1.82 bits per heavy atom. The lowest BCUT2D eigenvalue weighted by molar-refractivity contribution is -0.935. The minimum Gasteiger partial charge on any atom is -0.748 e. The van der Waals surface area contributed by atoms with Gasteiger partial charge in [0.2, 0.25) is 5.91 Å². The number of piperidine rings is 1. The van der Waals surface area contributed by atoms with Gasteiger partial charge in [0, 0.05) is 25.3 Å². The highest BCUT2D eigenvalue weighted by Crippen LogP contribution is 2.27. The molecule has 1 aliphatic heterocycles. The molecule has 1 saturated heterocycles. The van der Waals surface area contributed by atoms with Crippen LogP contribution in [0.2, 0.25) is 0 Å². The molecule has 0 saturated carbocycles. The van der Waals surface area contributed by atoms with E-state index in [-0.39, 0.29) is 17.6 Å². The lowest BCUT2D eigenvalue weighted by atomic mass is 9.93. The molecule has 0 spiro atoms. The summed E-state index contributed by atoms with van der Waals surface area (Å²) >= 11 is 0. The van der Waals surface area contributed by atoms with Crippen molar-refractivity contribution in [2.24, 2.45) is 5.92 Å². The van der Waals surface area contributed by atoms with E-state index in [0.29, 0.717) is 13.0 Å². The molecular formula is C27H54N2O4S. The number of amides is 1. The van der Waals surface area contributed by atoms with Gasteiger partial charge >= 0.3 is 0 Å². The van der Waals surface area contributed by atoms with Crippen LogP contribution in [0.3, 0.4) is 0 Å². The van der Waals surface area contributed by atoms with Gasteiger partial charge < -0.3 is 13.9 Å². The van der Waals surface area contributed by atoms with Crippen LogP contribution in [0.4, 0.5) is 0 Å². The lowest BCUT2D eigenvalue weighted by Gasteiger charge is -2.45. The highest BCUT2D eigenvalue weighted by Gasteiger charge is 2.38. The molecule has 0 N–H and O–H groups in total. The Hall–Kier alpha value is -0.660. The zero-order chi connectivity index (χ0) is 25.3. The highest BCUT2D eigenvalue weighted by atomic mass is 32.2. The van der Waals surface area contributed by atoms with E-state index in [0.717, 1.165) is 56.5 Å². The standard InChI is InChI=1S/C27H54N2O4S/c1-4-7-8-9-10-11-12-13-14-15-16-17-21-29(23-19-24-34(31,32)33)22-18-20-26(25-29)27(30)28(5-2)6-3/h26H,4-25H2,1-3H3. The number of carbonyl (C=O) groups excluding carboxylic acids is 1. The van der Waals surface area contributed by atoms with Crippen molar-refractivity contribution in [2.75, 3.05) is 45.0 Å². The number of carbonyl (C=O) groups is 1. The smallest absolute Gasteiger partial charge is 0.231 e. The van der Waals surface area contributed by atoms with E-state index in [1.807, 2.05) is 18.7 Å². The van der Waals surface area contributed by atoms with Crippen molar-refractivity contribution in [3.8, 4) is 0 Å². The van der Waals surface area contributed by atoms with Crippen molar-refractivity contribution in [1.29, 1.82) is 0 Å². The summed E-state index contributed by atoms with van der Waals surface area (Å²) in [5.41, 5.74) is 0. The predicted octanol–water partition coefficient (Wildman–Crippen LogP) is 5.72. The Bertz CT molecular complexity index is 637. The Balaban J connectivity index is 2.46. The van der Waals surface area contributed by atoms with E-state index in [4.69, 9.17) is 0 Å². The van der Waals surface area contributed by atoms with E-state index in [1.54, 1.807) is 0 Å². The Morgan fingerprint density at radius 2 is 1.32 bits per heavy atom. The molecule has 202 valence electrons. The Labute approximate surface area is 211 Å². The van der Waals surface area contributed by atoms with E-state index in [9.17, 15) is 17.8 Å². The molecule has 2 atom stereocenters. The number of rotatable bonds is 20. The van der Waals surface area contributed by atoms with E-state index < -0.39 is 10.1 Å². The first kappa shape index (κ1) is 31.4.